The van der Waals surface area contributed by atoms with Crippen LogP contribution >= 0.6 is 27.5 Å². The van der Waals surface area contributed by atoms with Crippen LogP contribution in [0.1, 0.15) is 11.1 Å². The van der Waals surface area contributed by atoms with E-state index in [0.717, 1.165) is 15.6 Å². The Balaban J connectivity index is 2.21. The predicted octanol–water partition coefficient (Wildman–Crippen LogP) is 5.23. The molecule has 0 saturated carbocycles. The van der Waals surface area contributed by atoms with E-state index in [1.54, 1.807) is 13.2 Å². The molecular formula is C17H13BrClNO2. The van der Waals surface area contributed by atoms with Crippen LogP contribution in [0.5, 0.6) is 11.5 Å². The molecule has 0 saturated heterocycles. The first-order valence-electron chi connectivity index (χ1n) is 6.45. The number of rotatable bonds is 5. The third-order valence-electron chi connectivity index (χ3n) is 2.90. The van der Waals surface area contributed by atoms with Gasteiger partial charge in [-0.25, -0.2) is 0 Å². The minimum absolute atomic E-state index is 0.402. The van der Waals surface area contributed by atoms with Crippen LogP contribution in [0.15, 0.2) is 46.9 Å². The molecule has 0 aromatic heterocycles. The summed E-state index contributed by atoms with van der Waals surface area (Å²) in [6.45, 7) is 0.402. The van der Waals surface area contributed by atoms with Gasteiger partial charge >= 0.3 is 0 Å². The molecule has 0 radical (unpaired) electrons. The highest BCUT2D eigenvalue weighted by atomic mass is 79.9. The molecular weight excluding hydrogens is 366 g/mol. The Labute approximate surface area is 142 Å². The van der Waals surface area contributed by atoms with Crippen LogP contribution in [-0.2, 0) is 6.61 Å². The van der Waals surface area contributed by atoms with Crippen molar-refractivity contribution in [3.05, 3.63) is 63.1 Å². The van der Waals surface area contributed by atoms with Crippen molar-refractivity contribution in [3.63, 3.8) is 0 Å². The molecule has 0 bridgehead atoms. The molecule has 0 aliphatic carbocycles. The van der Waals surface area contributed by atoms with E-state index in [2.05, 4.69) is 15.9 Å². The summed E-state index contributed by atoms with van der Waals surface area (Å²) in [6.07, 6.45) is 3.12. The second kappa shape index (κ2) is 7.88. The summed E-state index contributed by atoms with van der Waals surface area (Å²) in [4.78, 5) is 0. The molecule has 3 nitrogen and oxygen atoms in total. The van der Waals surface area contributed by atoms with Crippen LogP contribution in [-0.4, -0.2) is 7.11 Å². The summed E-state index contributed by atoms with van der Waals surface area (Å²) < 4.78 is 12.0. The van der Waals surface area contributed by atoms with Crippen molar-refractivity contribution in [2.45, 2.75) is 6.61 Å². The summed E-state index contributed by atoms with van der Waals surface area (Å²) in [5.41, 5.74) is 1.86. The predicted molar refractivity (Wildman–Crippen MR) is 91.1 cm³/mol. The Morgan fingerprint density at radius 3 is 2.64 bits per heavy atom. The lowest BCUT2D eigenvalue weighted by Gasteiger charge is -2.13. The van der Waals surface area contributed by atoms with Gasteiger partial charge in [0.1, 0.15) is 6.61 Å². The zero-order valence-corrected chi connectivity index (χ0v) is 14.2. The van der Waals surface area contributed by atoms with Gasteiger partial charge in [0.15, 0.2) is 11.5 Å². The molecule has 0 unspecified atom stereocenters. The fraction of sp³-hybridized carbons (Fsp3) is 0.118. The third-order valence-corrected chi connectivity index (χ3v) is 3.74. The van der Waals surface area contributed by atoms with Crippen LogP contribution in [0.2, 0.25) is 5.02 Å². The molecule has 112 valence electrons. The number of halogens is 2. The highest BCUT2D eigenvalue weighted by Gasteiger charge is 2.11. The molecule has 22 heavy (non-hydrogen) atoms. The first kappa shape index (κ1) is 16.4. The van der Waals surface area contributed by atoms with Crippen molar-refractivity contribution in [1.82, 2.24) is 0 Å². The number of hydrogen-bond acceptors (Lipinski definition) is 3. The smallest absolute Gasteiger partial charge is 0.175 e. The lowest BCUT2D eigenvalue weighted by atomic mass is 10.2. The van der Waals surface area contributed by atoms with E-state index in [9.17, 15) is 0 Å². The first-order valence-corrected chi connectivity index (χ1v) is 7.62. The molecule has 2 aromatic carbocycles. The van der Waals surface area contributed by atoms with E-state index >= 15 is 0 Å². The Morgan fingerprint density at radius 1 is 1.27 bits per heavy atom. The monoisotopic (exact) mass is 377 g/mol. The quantitative estimate of drug-likeness (QED) is 0.669. The maximum atomic E-state index is 8.59. The number of benzene rings is 2. The summed E-state index contributed by atoms with van der Waals surface area (Å²) in [6, 6.07) is 13.1. The molecule has 0 fully saturated rings. The van der Waals surface area contributed by atoms with Gasteiger partial charge in [0.2, 0.25) is 0 Å². The minimum atomic E-state index is 0.402. The van der Waals surface area contributed by atoms with Crippen molar-refractivity contribution >= 4 is 33.6 Å². The molecule has 0 aliphatic rings. The van der Waals surface area contributed by atoms with Gasteiger partial charge in [0.25, 0.3) is 0 Å². The average Bonchev–Trinajstić information content (AvgIpc) is 2.53. The summed E-state index contributed by atoms with van der Waals surface area (Å²) in [5.74, 6) is 1.22. The lowest BCUT2D eigenvalue weighted by molar-refractivity contribution is 0.282. The number of allylic oxidation sites excluding steroid dienone is 1. The molecule has 0 spiro atoms. The van der Waals surface area contributed by atoms with E-state index in [1.165, 1.54) is 6.08 Å². The van der Waals surface area contributed by atoms with E-state index in [-0.39, 0.29) is 0 Å². The molecule has 0 heterocycles. The standard InChI is InChI=1S/C17H13BrClNO2/c1-21-16-10-13(3-2-8-20)9-15(18)17(16)22-11-12-4-6-14(19)7-5-12/h2-7,9-10H,11H2,1H3/b3-2+. The highest BCUT2D eigenvalue weighted by Crippen LogP contribution is 2.37. The highest BCUT2D eigenvalue weighted by molar-refractivity contribution is 9.10. The van der Waals surface area contributed by atoms with E-state index in [4.69, 9.17) is 26.3 Å². The number of nitrogens with zero attached hydrogens (tertiary/aromatic N) is 1. The van der Waals surface area contributed by atoms with E-state index in [0.29, 0.717) is 23.1 Å². The van der Waals surface area contributed by atoms with Crippen LogP contribution < -0.4 is 9.47 Å². The van der Waals surface area contributed by atoms with Crippen LogP contribution in [0.25, 0.3) is 6.08 Å². The van der Waals surface area contributed by atoms with Crippen molar-refractivity contribution < 1.29 is 9.47 Å². The molecule has 2 rings (SSSR count). The largest absolute Gasteiger partial charge is 0.493 e. The van der Waals surface area contributed by atoms with E-state index < -0.39 is 0 Å². The zero-order chi connectivity index (χ0) is 15.9. The lowest BCUT2D eigenvalue weighted by Crippen LogP contribution is -1.99. The van der Waals surface area contributed by atoms with Gasteiger partial charge in [-0.1, -0.05) is 23.7 Å². The number of nitriles is 1. The molecule has 5 heteroatoms. The normalized spacial score (nSPS) is 10.5. The van der Waals surface area contributed by atoms with Crippen LogP contribution in [0.3, 0.4) is 0 Å². The van der Waals surface area contributed by atoms with Gasteiger partial charge < -0.3 is 9.47 Å². The van der Waals surface area contributed by atoms with Gasteiger partial charge in [-0.3, -0.25) is 0 Å². The van der Waals surface area contributed by atoms with Gasteiger partial charge in [-0.05, 0) is 57.4 Å². The Kier molecular flexibility index (Phi) is 5.88. The average molecular weight is 379 g/mol. The summed E-state index contributed by atoms with van der Waals surface area (Å²) >= 11 is 9.34. The number of methoxy groups -OCH3 is 1. The van der Waals surface area contributed by atoms with Gasteiger partial charge in [-0.15, -0.1) is 0 Å². The minimum Gasteiger partial charge on any atom is -0.493 e. The third kappa shape index (κ3) is 4.27. The van der Waals surface area contributed by atoms with Crippen molar-refractivity contribution in [1.29, 1.82) is 5.26 Å². The van der Waals surface area contributed by atoms with Gasteiger partial charge in [-0.2, -0.15) is 5.26 Å². The Bertz CT molecular complexity index is 721. The summed E-state index contributed by atoms with van der Waals surface area (Å²) in [7, 11) is 1.58. The summed E-state index contributed by atoms with van der Waals surface area (Å²) in [5, 5.41) is 9.28. The second-order valence-corrected chi connectivity index (χ2v) is 5.70. The number of hydrogen-bond donors (Lipinski definition) is 0. The fourth-order valence-electron chi connectivity index (χ4n) is 1.85. The van der Waals surface area contributed by atoms with Crippen molar-refractivity contribution in [2.75, 3.05) is 7.11 Å². The fourth-order valence-corrected chi connectivity index (χ4v) is 2.55. The Morgan fingerprint density at radius 2 is 2.00 bits per heavy atom. The van der Waals surface area contributed by atoms with Crippen LogP contribution in [0, 0.1) is 11.3 Å². The van der Waals surface area contributed by atoms with Crippen LogP contribution in [0.4, 0.5) is 0 Å². The molecule has 0 atom stereocenters. The zero-order valence-electron chi connectivity index (χ0n) is 11.8. The van der Waals surface area contributed by atoms with Crippen molar-refractivity contribution in [3.8, 4) is 17.6 Å². The maximum Gasteiger partial charge on any atom is 0.175 e. The molecule has 0 aliphatic heterocycles. The molecule has 0 amide bonds. The van der Waals surface area contributed by atoms with Crippen molar-refractivity contribution in [2.24, 2.45) is 0 Å². The topological polar surface area (TPSA) is 42.2 Å². The maximum absolute atomic E-state index is 8.59. The van der Waals surface area contributed by atoms with Gasteiger partial charge in [0.05, 0.1) is 17.7 Å². The van der Waals surface area contributed by atoms with E-state index in [1.807, 2.05) is 42.5 Å². The molecule has 0 N–H and O–H groups in total. The van der Waals surface area contributed by atoms with Gasteiger partial charge in [0, 0.05) is 11.1 Å². The number of ether oxygens (including phenoxy) is 2. The first-order chi connectivity index (χ1) is 10.6. The SMILES string of the molecule is COc1cc(/C=C/C#N)cc(Br)c1OCc1ccc(Cl)cc1. The molecule has 2 aromatic rings. The Hall–Kier alpha value is -1.96. The second-order valence-electron chi connectivity index (χ2n) is 4.41.